The van der Waals surface area contributed by atoms with Crippen molar-refractivity contribution >= 4 is 34.2 Å². The molecule has 0 N–H and O–H groups in total. The van der Waals surface area contributed by atoms with Gasteiger partial charge in [-0.1, -0.05) is 78.3 Å². The SMILES string of the molecule is N#C/C(=C/c1cn(Cc2ccccc2Cl)c2ccccc12)c1ccccc1. The molecule has 0 amide bonds. The van der Waals surface area contributed by atoms with Crippen molar-refractivity contribution in [3.8, 4) is 6.07 Å². The van der Waals surface area contributed by atoms with Crippen LogP contribution in [0.3, 0.4) is 0 Å². The highest BCUT2D eigenvalue weighted by Crippen LogP contribution is 2.27. The number of aromatic nitrogens is 1. The highest BCUT2D eigenvalue weighted by Gasteiger charge is 2.10. The lowest BCUT2D eigenvalue weighted by molar-refractivity contribution is 0.836. The number of benzene rings is 3. The minimum absolute atomic E-state index is 0.649. The lowest BCUT2D eigenvalue weighted by Gasteiger charge is -2.07. The zero-order valence-corrected chi connectivity index (χ0v) is 15.4. The number of fused-ring (bicyclic) bond motifs is 1. The molecule has 0 radical (unpaired) electrons. The second-order valence-corrected chi connectivity index (χ2v) is 6.76. The Morgan fingerprint density at radius 1 is 0.926 bits per heavy atom. The van der Waals surface area contributed by atoms with Gasteiger partial charge in [0.05, 0.1) is 11.6 Å². The summed E-state index contributed by atoms with van der Waals surface area (Å²) in [6.45, 7) is 0.682. The van der Waals surface area contributed by atoms with Gasteiger partial charge in [-0.2, -0.15) is 5.26 Å². The van der Waals surface area contributed by atoms with Gasteiger partial charge in [0.25, 0.3) is 0 Å². The standard InChI is InChI=1S/C24H17ClN2/c25-23-12-6-4-10-19(23)16-27-17-21(22-11-5-7-13-24(22)27)14-20(15-26)18-8-2-1-3-9-18/h1-14,17H,16H2/b20-14-. The predicted octanol–water partition coefficient (Wildman–Crippen LogP) is 6.41. The number of rotatable bonds is 4. The van der Waals surface area contributed by atoms with Gasteiger partial charge in [-0.15, -0.1) is 0 Å². The lowest BCUT2D eigenvalue weighted by atomic mass is 10.0. The molecule has 0 fully saturated rings. The first-order chi connectivity index (χ1) is 13.3. The van der Waals surface area contributed by atoms with E-state index in [1.165, 1.54) is 0 Å². The number of hydrogen-bond donors (Lipinski definition) is 0. The van der Waals surface area contributed by atoms with Crippen molar-refractivity contribution in [3.05, 3.63) is 107 Å². The summed E-state index contributed by atoms with van der Waals surface area (Å²) in [5.74, 6) is 0. The van der Waals surface area contributed by atoms with Crippen LogP contribution in [-0.4, -0.2) is 4.57 Å². The van der Waals surface area contributed by atoms with Crippen LogP contribution in [-0.2, 0) is 6.54 Å². The maximum atomic E-state index is 9.65. The van der Waals surface area contributed by atoms with E-state index in [1.54, 1.807) is 0 Å². The summed E-state index contributed by atoms with van der Waals surface area (Å²) in [5, 5.41) is 11.5. The fourth-order valence-corrected chi connectivity index (χ4v) is 3.48. The first-order valence-corrected chi connectivity index (χ1v) is 9.12. The first-order valence-electron chi connectivity index (χ1n) is 8.75. The molecule has 130 valence electrons. The largest absolute Gasteiger partial charge is 0.342 e. The summed E-state index contributed by atoms with van der Waals surface area (Å²) in [6, 6.07) is 28.2. The molecule has 0 aliphatic carbocycles. The maximum absolute atomic E-state index is 9.65. The van der Waals surface area contributed by atoms with Gasteiger partial charge in [-0.25, -0.2) is 0 Å². The summed E-state index contributed by atoms with van der Waals surface area (Å²) < 4.78 is 2.18. The molecule has 4 rings (SSSR count). The number of para-hydroxylation sites is 1. The number of halogens is 1. The predicted molar refractivity (Wildman–Crippen MR) is 112 cm³/mol. The molecule has 0 saturated heterocycles. The molecule has 0 spiro atoms. The summed E-state index contributed by atoms with van der Waals surface area (Å²) >= 11 is 6.35. The fourth-order valence-electron chi connectivity index (χ4n) is 3.28. The zero-order chi connectivity index (χ0) is 18.6. The normalized spacial score (nSPS) is 11.5. The van der Waals surface area contributed by atoms with Gasteiger partial charge < -0.3 is 4.57 Å². The van der Waals surface area contributed by atoms with E-state index in [2.05, 4.69) is 29.0 Å². The number of hydrogen-bond acceptors (Lipinski definition) is 1. The second-order valence-electron chi connectivity index (χ2n) is 6.36. The van der Waals surface area contributed by atoms with Crippen LogP contribution in [0.4, 0.5) is 0 Å². The van der Waals surface area contributed by atoms with Crippen LogP contribution in [0, 0.1) is 11.3 Å². The third-order valence-corrected chi connectivity index (χ3v) is 4.99. The van der Waals surface area contributed by atoms with E-state index < -0.39 is 0 Å². The highest BCUT2D eigenvalue weighted by atomic mass is 35.5. The minimum atomic E-state index is 0.649. The number of allylic oxidation sites excluding steroid dienone is 1. The van der Waals surface area contributed by atoms with E-state index >= 15 is 0 Å². The van der Waals surface area contributed by atoms with Crippen molar-refractivity contribution in [1.82, 2.24) is 4.57 Å². The summed E-state index contributed by atoms with van der Waals surface area (Å²) in [7, 11) is 0. The monoisotopic (exact) mass is 368 g/mol. The molecule has 0 bridgehead atoms. The molecule has 0 aliphatic heterocycles. The lowest BCUT2D eigenvalue weighted by Crippen LogP contribution is -1.98. The van der Waals surface area contributed by atoms with E-state index in [-0.39, 0.29) is 0 Å². The van der Waals surface area contributed by atoms with Crippen LogP contribution in [0.25, 0.3) is 22.6 Å². The quantitative estimate of drug-likeness (QED) is 0.383. The Morgan fingerprint density at radius 3 is 2.41 bits per heavy atom. The average Bonchev–Trinajstić information content (AvgIpc) is 3.06. The fraction of sp³-hybridized carbons (Fsp3) is 0.0417. The van der Waals surface area contributed by atoms with Crippen LogP contribution in [0.15, 0.2) is 85.1 Å². The maximum Gasteiger partial charge on any atom is 0.0998 e. The van der Waals surface area contributed by atoms with E-state index in [1.807, 2.05) is 72.8 Å². The van der Waals surface area contributed by atoms with Crippen molar-refractivity contribution in [2.45, 2.75) is 6.54 Å². The smallest absolute Gasteiger partial charge is 0.0998 e. The average molecular weight is 369 g/mol. The molecule has 0 unspecified atom stereocenters. The van der Waals surface area contributed by atoms with Crippen LogP contribution in [0.2, 0.25) is 5.02 Å². The van der Waals surface area contributed by atoms with Gasteiger partial charge in [-0.3, -0.25) is 0 Å². The Balaban J connectivity index is 1.82. The van der Waals surface area contributed by atoms with Crippen molar-refractivity contribution in [2.75, 3.05) is 0 Å². The summed E-state index contributed by atoms with van der Waals surface area (Å²) in [5.41, 5.74) is 4.78. The Labute approximate surface area is 163 Å². The molecule has 0 aliphatic rings. The van der Waals surface area contributed by atoms with E-state index in [0.29, 0.717) is 12.1 Å². The Bertz CT molecular complexity index is 1160. The topological polar surface area (TPSA) is 28.7 Å². The highest BCUT2D eigenvalue weighted by molar-refractivity contribution is 6.31. The molecule has 0 saturated carbocycles. The van der Waals surface area contributed by atoms with E-state index in [9.17, 15) is 5.26 Å². The third kappa shape index (κ3) is 3.51. The molecule has 0 atom stereocenters. The number of nitriles is 1. The van der Waals surface area contributed by atoms with Crippen LogP contribution in [0.1, 0.15) is 16.7 Å². The van der Waals surface area contributed by atoms with Crippen LogP contribution < -0.4 is 0 Å². The first kappa shape index (κ1) is 17.1. The second kappa shape index (κ2) is 7.53. The van der Waals surface area contributed by atoms with E-state index in [0.717, 1.165) is 32.6 Å². The Hall–Kier alpha value is -3.28. The molecule has 1 aromatic heterocycles. The van der Waals surface area contributed by atoms with Crippen LogP contribution >= 0.6 is 11.6 Å². The zero-order valence-electron chi connectivity index (χ0n) is 14.6. The summed E-state index contributed by atoms with van der Waals surface area (Å²) in [4.78, 5) is 0. The molecule has 4 aromatic rings. The third-order valence-electron chi connectivity index (χ3n) is 4.62. The molecule has 3 heteroatoms. The Kier molecular flexibility index (Phi) is 4.78. The van der Waals surface area contributed by atoms with E-state index in [4.69, 9.17) is 11.6 Å². The van der Waals surface area contributed by atoms with Crippen LogP contribution in [0.5, 0.6) is 0 Å². The number of nitrogens with zero attached hydrogens (tertiary/aromatic N) is 2. The molecule has 2 nitrogen and oxygen atoms in total. The summed E-state index contributed by atoms with van der Waals surface area (Å²) in [6.07, 6.45) is 4.05. The van der Waals surface area contributed by atoms with Gasteiger partial charge in [0.1, 0.15) is 0 Å². The van der Waals surface area contributed by atoms with Gasteiger partial charge in [0, 0.05) is 34.2 Å². The molecule has 3 aromatic carbocycles. The molecule has 1 heterocycles. The minimum Gasteiger partial charge on any atom is -0.342 e. The van der Waals surface area contributed by atoms with Crippen molar-refractivity contribution in [1.29, 1.82) is 5.26 Å². The van der Waals surface area contributed by atoms with Crippen molar-refractivity contribution in [3.63, 3.8) is 0 Å². The van der Waals surface area contributed by atoms with Gasteiger partial charge >= 0.3 is 0 Å². The molecular formula is C24H17ClN2. The van der Waals surface area contributed by atoms with Gasteiger partial charge in [-0.05, 0) is 29.3 Å². The molecule has 27 heavy (non-hydrogen) atoms. The van der Waals surface area contributed by atoms with Gasteiger partial charge in [0.2, 0.25) is 0 Å². The Morgan fingerprint density at radius 2 is 1.63 bits per heavy atom. The van der Waals surface area contributed by atoms with Crippen molar-refractivity contribution < 1.29 is 0 Å². The molecular weight excluding hydrogens is 352 g/mol. The van der Waals surface area contributed by atoms with Gasteiger partial charge in [0.15, 0.2) is 0 Å². The van der Waals surface area contributed by atoms with Crippen molar-refractivity contribution in [2.24, 2.45) is 0 Å².